The summed E-state index contributed by atoms with van der Waals surface area (Å²) in [5, 5.41) is 10.8. The third kappa shape index (κ3) is 3.98. The van der Waals surface area contributed by atoms with Crippen LogP contribution in [0.25, 0.3) is 0 Å². The predicted octanol–water partition coefficient (Wildman–Crippen LogP) is 3.81. The Bertz CT molecular complexity index is 573. The van der Waals surface area contributed by atoms with Crippen molar-refractivity contribution in [2.45, 2.75) is 44.8 Å². The van der Waals surface area contributed by atoms with Crippen LogP contribution in [0.3, 0.4) is 0 Å². The Morgan fingerprint density at radius 1 is 1.45 bits per heavy atom. The zero-order valence-electron chi connectivity index (χ0n) is 13.0. The second-order valence-electron chi connectivity index (χ2n) is 6.66. The summed E-state index contributed by atoms with van der Waals surface area (Å²) in [7, 11) is 0. The highest BCUT2D eigenvalue weighted by Gasteiger charge is 2.39. The van der Waals surface area contributed by atoms with Crippen molar-refractivity contribution in [1.82, 2.24) is 4.90 Å². The quantitative estimate of drug-likeness (QED) is 0.814. The van der Waals surface area contributed by atoms with Crippen LogP contribution >= 0.6 is 15.9 Å². The number of carbonyl (C=O) groups excluding carboxylic acids is 1. The summed E-state index contributed by atoms with van der Waals surface area (Å²) < 4.78 is 20.1. The molecule has 1 saturated heterocycles. The van der Waals surface area contributed by atoms with Crippen molar-refractivity contribution < 1.29 is 19.0 Å². The van der Waals surface area contributed by atoms with E-state index in [2.05, 4.69) is 15.9 Å². The molecule has 0 bridgehead atoms. The van der Waals surface area contributed by atoms with Gasteiger partial charge in [-0.3, -0.25) is 0 Å². The number of rotatable bonds is 1. The van der Waals surface area contributed by atoms with Crippen molar-refractivity contribution >= 4 is 22.0 Å². The van der Waals surface area contributed by atoms with E-state index in [0.717, 1.165) is 0 Å². The molecule has 0 radical (unpaired) electrons. The van der Waals surface area contributed by atoms with Gasteiger partial charge in [-0.05, 0) is 45.7 Å². The van der Waals surface area contributed by atoms with E-state index in [1.807, 2.05) is 0 Å². The van der Waals surface area contributed by atoms with Crippen LogP contribution in [0.5, 0.6) is 0 Å². The standard InChI is InChI=1S/C16H21BrFNO3/c1-15(2,3)22-14(20)19-8-4-7-16(21,10-19)12-6-5-11(17)9-13(12)18/h5-6,9,21H,4,7-8,10H2,1-3H3. The van der Waals surface area contributed by atoms with Crippen molar-refractivity contribution in [3.8, 4) is 0 Å². The van der Waals surface area contributed by atoms with E-state index < -0.39 is 23.1 Å². The van der Waals surface area contributed by atoms with Crippen LogP contribution in [0, 0.1) is 5.82 Å². The van der Waals surface area contributed by atoms with Gasteiger partial charge in [0.1, 0.15) is 17.0 Å². The van der Waals surface area contributed by atoms with Gasteiger partial charge >= 0.3 is 6.09 Å². The van der Waals surface area contributed by atoms with Gasteiger partial charge in [0.2, 0.25) is 0 Å². The first-order valence-electron chi connectivity index (χ1n) is 7.27. The third-order valence-corrected chi connectivity index (χ3v) is 4.05. The van der Waals surface area contributed by atoms with Crippen LogP contribution in [0.4, 0.5) is 9.18 Å². The second kappa shape index (κ2) is 6.16. The summed E-state index contributed by atoms with van der Waals surface area (Å²) in [5.74, 6) is -0.483. The van der Waals surface area contributed by atoms with E-state index in [9.17, 15) is 14.3 Å². The molecule has 0 aromatic heterocycles. The fourth-order valence-corrected chi connectivity index (χ4v) is 2.94. The molecular formula is C16H21BrFNO3. The molecule has 1 fully saturated rings. The number of ether oxygens (including phenoxy) is 1. The summed E-state index contributed by atoms with van der Waals surface area (Å²) in [6.45, 7) is 5.89. The molecule has 1 unspecified atom stereocenters. The Morgan fingerprint density at radius 3 is 2.73 bits per heavy atom. The van der Waals surface area contributed by atoms with Gasteiger partial charge in [0.15, 0.2) is 0 Å². The number of hydrogen-bond donors (Lipinski definition) is 1. The molecule has 1 N–H and O–H groups in total. The van der Waals surface area contributed by atoms with Crippen LogP contribution < -0.4 is 0 Å². The van der Waals surface area contributed by atoms with E-state index >= 15 is 0 Å². The van der Waals surface area contributed by atoms with Gasteiger partial charge in [0.25, 0.3) is 0 Å². The molecule has 1 atom stereocenters. The molecule has 1 heterocycles. The number of piperidine rings is 1. The molecule has 122 valence electrons. The maximum Gasteiger partial charge on any atom is 0.410 e. The fourth-order valence-electron chi connectivity index (χ4n) is 2.61. The lowest BCUT2D eigenvalue weighted by Crippen LogP contribution is -2.50. The number of halogens is 2. The highest BCUT2D eigenvalue weighted by molar-refractivity contribution is 9.10. The van der Waals surface area contributed by atoms with E-state index in [1.54, 1.807) is 32.9 Å². The lowest BCUT2D eigenvalue weighted by molar-refractivity contribution is -0.0483. The van der Waals surface area contributed by atoms with Crippen LogP contribution in [-0.2, 0) is 10.3 Å². The van der Waals surface area contributed by atoms with Crippen molar-refractivity contribution in [3.05, 3.63) is 34.1 Å². The molecule has 22 heavy (non-hydrogen) atoms. The minimum Gasteiger partial charge on any atom is -0.444 e. The predicted molar refractivity (Wildman–Crippen MR) is 85.0 cm³/mol. The van der Waals surface area contributed by atoms with Crippen LogP contribution in [0.15, 0.2) is 22.7 Å². The Labute approximate surface area is 138 Å². The molecule has 0 saturated carbocycles. The van der Waals surface area contributed by atoms with Gasteiger partial charge in [-0.15, -0.1) is 0 Å². The van der Waals surface area contributed by atoms with Gasteiger partial charge < -0.3 is 14.7 Å². The molecule has 1 aromatic carbocycles. The summed E-state index contributed by atoms with van der Waals surface area (Å²) in [6, 6.07) is 4.56. The third-order valence-electron chi connectivity index (χ3n) is 3.55. The smallest absolute Gasteiger partial charge is 0.410 e. The Morgan fingerprint density at radius 2 is 2.14 bits per heavy atom. The van der Waals surface area contributed by atoms with Crippen molar-refractivity contribution in [2.75, 3.05) is 13.1 Å². The van der Waals surface area contributed by atoms with E-state index in [1.165, 1.54) is 11.0 Å². The zero-order chi connectivity index (χ0) is 16.5. The fraction of sp³-hybridized carbons (Fsp3) is 0.562. The number of β-amino-alcohol motifs (C(OH)–C–C–N with tert-alkyl or cyclic N) is 1. The topological polar surface area (TPSA) is 49.8 Å². The SMILES string of the molecule is CC(C)(C)OC(=O)N1CCCC(O)(c2ccc(Br)cc2F)C1. The lowest BCUT2D eigenvalue weighted by Gasteiger charge is -2.40. The largest absolute Gasteiger partial charge is 0.444 e. The maximum atomic E-state index is 14.2. The van der Waals surface area contributed by atoms with Gasteiger partial charge in [0, 0.05) is 16.6 Å². The van der Waals surface area contributed by atoms with Crippen LogP contribution in [0.1, 0.15) is 39.2 Å². The number of aliphatic hydroxyl groups is 1. The monoisotopic (exact) mass is 373 g/mol. The van der Waals surface area contributed by atoms with Crippen molar-refractivity contribution in [1.29, 1.82) is 0 Å². The normalized spacial score (nSPS) is 22.5. The average molecular weight is 374 g/mol. The molecule has 4 nitrogen and oxygen atoms in total. The first-order chi connectivity index (χ1) is 10.1. The van der Waals surface area contributed by atoms with E-state index in [-0.39, 0.29) is 12.1 Å². The number of likely N-dealkylation sites (tertiary alicyclic amines) is 1. The number of amides is 1. The van der Waals surface area contributed by atoms with Gasteiger partial charge in [-0.2, -0.15) is 0 Å². The van der Waals surface area contributed by atoms with E-state index in [0.29, 0.717) is 23.9 Å². The summed E-state index contributed by atoms with van der Waals surface area (Å²) in [5.41, 5.74) is -1.78. The minimum absolute atomic E-state index is 0.0282. The number of nitrogens with zero attached hydrogens (tertiary/aromatic N) is 1. The molecule has 1 amide bonds. The molecule has 2 rings (SSSR count). The summed E-state index contributed by atoms with van der Waals surface area (Å²) in [6.07, 6.45) is 0.513. The Balaban J connectivity index is 2.20. The molecule has 1 aliphatic rings. The summed E-state index contributed by atoms with van der Waals surface area (Å²) in [4.78, 5) is 13.6. The van der Waals surface area contributed by atoms with Gasteiger partial charge in [-0.1, -0.05) is 22.0 Å². The first kappa shape index (κ1) is 17.2. The number of benzene rings is 1. The van der Waals surface area contributed by atoms with Crippen molar-refractivity contribution in [3.63, 3.8) is 0 Å². The van der Waals surface area contributed by atoms with Gasteiger partial charge in [-0.25, -0.2) is 9.18 Å². The second-order valence-corrected chi connectivity index (χ2v) is 7.58. The Kier molecular flexibility index (Phi) is 4.82. The number of hydrogen-bond acceptors (Lipinski definition) is 3. The number of carbonyl (C=O) groups is 1. The molecule has 0 aliphatic carbocycles. The molecule has 1 aliphatic heterocycles. The first-order valence-corrected chi connectivity index (χ1v) is 8.06. The molecule has 1 aromatic rings. The highest BCUT2D eigenvalue weighted by atomic mass is 79.9. The highest BCUT2D eigenvalue weighted by Crippen LogP contribution is 2.34. The lowest BCUT2D eigenvalue weighted by atomic mass is 9.85. The molecule has 6 heteroatoms. The van der Waals surface area contributed by atoms with Gasteiger partial charge in [0.05, 0.1) is 6.54 Å². The van der Waals surface area contributed by atoms with Crippen LogP contribution in [0.2, 0.25) is 0 Å². The van der Waals surface area contributed by atoms with E-state index in [4.69, 9.17) is 4.74 Å². The minimum atomic E-state index is -1.39. The van der Waals surface area contributed by atoms with Crippen molar-refractivity contribution in [2.24, 2.45) is 0 Å². The maximum absolute atomic E-state index is 14.2. The Hall–Kier alpha value is -1.14. The summed E-state index contributed by atoms with van der Waals surface area (Å²) >= 11 is 3.20. The zero-order valence-corrected chi connectivity index (χ0v) is 14.6. The van der Waals surface area contributed by atoms with Crippen LogP contribution in [-0.4, -0.2) is 34.8 Å². The average Bonchev–Trinajstić information content (AvgIpc) is 2.36. The molecular weight excluding hydrogens is 353 g/mol. The molecule has 0 spiro atoms.